The van der Waals surface area contributed by atoms with Crippen LogP contribution >= 0.6 is 23.2 Å². The molecule has 0 saturated carbocycles. The van der Waals surface area contributed by atoms with Crippen LogP contribution in [0.15, 0.2) is 60.4 Å². The number of allylic oxidation sites excluding steroid dienone is 1. The van der Waals surface area contributed by atoms with Gasteiger partial charge in [0.15, 0.2) is 0 Å². The number of nitrogens with zero attached hydrogens (tertiary/aromatic N) is 2. The standard InChI is InChI=1S/C20H18Cl2N2O3S/c1-24(13-28(25,26)27)11-14-8-9-23(19-5-3-2-4-18(19)22)20-10-15(21)6-7-16(20)17(14)12-24/h2-7,10-12H,8-9,13H2,1H3/p+1. The van der Waals surface area contributed by atoms with Crippen molar-refractivity contribution in [3.05, 3.63) is 76.0 Å². The van der Waals surface area contributed by atoms with Gasteiger partial charge >= 0.3 is 10.1 Å². The Morgan fingerprint density at radius 1 is 1.11 bits per heavy atom. The van der Waals surface area contributed by atoms with E-state index < -0.39 is 16.0 Å². The summed E-state index contributed by atoms with van der Waals surface area (Å²) in [6.45, 7) is 0.659. The topological polar surface area (TPSA) is 57.6 Å². The zero-order valence-corrected chi connectivity index (χ0v) is 17.5. The average molecular weight is 438 g/mol. The second kappa shape index (κ2) is 6.90. The molecule has 0 aliphatic carbocycles. The van der Waals surface area contributed by atoms with E-state index in [4.69, 9.17) is 23.2 Å². The molecule has 2 aromatic rings. The molecule has 146 valence electrons. The number of quaternary nitrogens is 1. The third kappa shape index (κ3) is 3.71. The molecule has 1 N–H and O–H groups in total. The SMILES string of the molecule is C[N+]1(CS(=O)(=O)O)C=C2CCN(c3ccccc3Cl)c3cc(Cl)ccc3C2=C1. The van der Waals surface area contributed by atoms with E-state index in [0.717, 1.165) is 28.1 Å². The molecule has 0 radical (unpaired) electrons. The summed E-state index contributed by atoms with van der Waals surface area (Å²) in [5.74, 6) is -0.406. The van der Waals surface area contributed by atoms with Gasteiger partial charge in [-0.1, -0.05) is 41.4 Å². The Labute approximate surface area is 174 Å². The molecule has 8 heteroatoms. The van der Waals surface area contributed by atoms with Gasteiger partial charge in [-0.2, -0.15) is 8.42 Å². The van der Waals surface area contributed by atoms with Crippen molar-refractivity contribution >= 4 is 50.3 Å². The van der Waals surface area contributed by atoms with Gasteiger partial charge in [0.25, 0.3) is 0 Å². The van der Waals surface area contributed by atoms with Gasteiger partial charge in [0.05, 0.1) is 23.4 Å². The van der Waals surface area contributed by atoms with Crippen molar-refractivity contribution in [2.24, 2.45) is 0 Å². The number of benzene rings is 2. The molecule has 5 nitrogen and oxygen atoms in total. The first-order valence-corrected chi connectivity index (χ1v) is 11.1. The van der Waals surface area contributed by atoms with E-state index in [1.807, 2.05) is 54.9 Å². The summed E-state index contributed by atoms with van der Waals surface area (Å²) >= 11 is 12.8. The Balaban J connectivity index is 1.87. The molecule has 0 amide bonds. The first kappa shape index (κ1) is 19.5. The Hall–Kier alpha value is -1.83. The number of anilines is 2. The summed E-state index contributed by atoms with van der Waals surface area (Å²) in [5, 5.41) is 1.26. The molecule has 0 bridgehead atoms. The van der Waals surface area contributed by atoms with Gasteiger partial charge in [-0.25, -0.2) is 0 Å². The van der Waals surface area contributed by atoms with E-state index in [0.29, 0.717) is 23.0 Å². The Kier molecular flexibility index (Phi) is 4.80. The molecule has 1 atom stereocenters. The minimum absolute atomic E-state index is 0.00232. The molecular weight excluding hydrogens is 419 g/mol. The molecule has 4 rings (SSSR count). The van der Waals surface area contributed by atoms with Crippen LogP contribution in [0.4, 0.5) is 11.4 Å². The zero-order chi connectivity index (χ0) is 20.1. The Morgan fingerprint density at radius 2 is 1.86 bits per heavy atom. The summed E-state index contributed by atoms with van der Waals surface area (Å²) in [7, 11) is -2.37. The first-order chi connectivity index (χ1) is 13.2. The maximum atomic E-state index is 11.5. The van der Waals surface area contributed by atoms with E-state index in [9.17, 15) is 13.0 Å². The summed E-state index contributed by atoms with van der Waals surface area (Å²) in [4.78, 5) is 2.14. The van der Waals surface area contributed by atoms with Gasteiger partial charge in [-0.05, 0) is 30.7 Å². The van der Waals surface area contributed by atoms with Crippen molar-refractivity contribution in [3.8, 4) is 0 Å². The van der Waals surface area contributed by atoms with Crippen LogP contribution in [0, 0.1) is 0 Å². The maximum Gasteiger partial charge on any atom is 0.317 e. The van der Waals surface area contributed by atoms with Crippen LogP contribution < -0.4 is 4.90 Å². The van der Waals surface area contributed by atoms with Crippen molar-refractivity contribution in [2.75, 3.05) is 24.4 Å². The highest BCUT2D eigenvalue weighted by Crippen LogP contribution is 2.46. The minimum Gasteiger partial charge on any atom is -0.339 e. The van der Waals surface area contributed by atoms with Gasteiger partial charge in [0, 0.05) is 28.3 Å². The predicted molar refractivity (Wildman–Crippen MR) is 113 cm³/mol. The molecule has 28 heavy (non-hydrogen) atoms. The lowest BCUT2D eigenvalue weighted by Gasteiger charge is -2.27. The second-order valence-electron chi connectivity index (χ2n) is 7.27. The Morgan fingerprint density at radius 3 is 2.57 bits per heavy atom. The van der Waals surface area contributed by atoms with E-state index in [-0.39, 0.29) is 4.48 Å². The van der Waals surface area contributed by atoms with Gasteiger partial charge in [-0.15, -0.1) is 0 Å². The normalized spacial score (nSPS) is 21.5. The molecule has 2 aliphatic heterocycles. The number of hydrogen-bond acceptors (Lipinski definition) is 3. The zero-order valence-electron chi connectivity index (χ0n) is 15.1. The van der Waals surface area contributed by atoms with Gasteiger partial charge in [0.2, 0.25) is 5.88 Å². The third-order valence-electron chi connectivity index (χ3n) is 4.95. The van der Waals surface area contributed by atoms with Crippen LogP contribution in [-0.4, -0.2) is 36.9 Å². The van der Waals surface area contributed by atoms with E-state index in [1.54, 1.807) is 7.05 Å². The van der Waals surface area contributed by atoms with Crippen molar-refractivity contribution in [1.29, 1.82) is 0 Å². The van der Waals surface area contributed by atoms with Gasteiger partial charge in [0.1, 0.15) is 12.4 Å². The van der Waals surface area contributed by atoms with Crippen LogP contribution in [0.1, 0.15) is 12.0 Å². The molecule has 0 fully saturated rings. The second-order valence-corrected chi connectivity index (χ2v) is 9.54. The van der Waals surface area contributed by atoms with Crippen LogP contribution in [0.2, 0.25) is 10.0 Å². The molecule has 2 aromatic carbocycles. The summed E-state index contributed by atoms with van der Waals surface area (Å²) in [6, 6.07) is 13.3. The van der Waals surface area contributed by atoms with Crippen molar-refractivity contribution in [1.82, 2.24) is 0 Å². The number of para-hydroxylation sites is 1. The number of halogens is 2. The maximum absolute atomic E-state index is 11.5. The lowest BCUT2D eigenvalue weighted by molar-refractivity contribution is -0.790. The first-order valence-electron chi connectivity index (χ1n) is 8.72. The molecule has 0 aromatic heterocycles. The lowest BCUT2D eigenvalue weighted by Crippen LogP contribution is -2.36. The smallest absolute Gasteiger partial charge is 0.317 e. The van der Waals surface area contributed by atoms with Crippen LogP contribution in [-0.2, 0) is 10.1 Å². The fourth-order valence-corrected chi connectivity index (χ4v) is 5.19. The van der Waals surface area contributed by atoms with Crippen LogP contribution in [0.5, 0.6) is 0 Å². The summed E-state index contributed by atoms with van der Waals surface area (Å²) in [5.41, 5.74) is 4.74. The number of fused-ring (bicyclic) bond motifs is 3. The van der Waals surface area contributed by atoms with E-state index in [1.165, 1.54) is 0 Å². The predicted octanol–water partition coefficient (Wildman–Crippen LogP) is 5.07. The fraction of sp³-hybridized carbons (Fsp3) is 0.200. The molecule has 0 spiro atoms. The molecular formula is C20H19Cl2N2O3S+. The molecule has 2 heterocycles. The third-order valence-corrected chi connectivity index (χ3v) is 6.39. The minimum atomic E-state index is -4.13. The average Bonchev–Trinajstić information content (AvgIpc) is 2.84. The quantitative estimate of drug-likeness (QED) is 0.537. The van der Waals surface area contributed by atoms with Crippen LogP contribution in [0.3, 0.4) is 0 Å². The lowest BCUT2D eigenvalue weighted by atomic mass is 9.99. The van der Waals surface area contributed by atoms with E-state index in [2.05, 4.69) is 4.90 Å². The fourth-order valence-electron chi connectivity index (χ4n) is 3.94. The highest BCUT2D eigenvalue weighted by Gasteiger charge is 2.36. The monoisotopic (exact) mass is 437 g/mol. The summed E-state index contributed by atoms with van der Waals surface area (Å²) in [6.07, 6.45) is 4.45. The highest BCUT2D eigenvalue weighted by atomic mass is 35.5. The van der Waals surface area contributed by atoms with Crippen molar-refractivity contribution in [3.63, 3.8) is 0 Å². The van der Waals surface area contributed by atoms with Crippen LogP contribution in [0.25, 0.3) is 5.57 Å². The molecule has 1 unspecified atom stereocenters. The van der Waals surface area contributed by atoms with E-state index >= 15 is 0 Å². The number of rotatable bonds is 3. The number of hydrogen-bond donors (Lipinski definition) is 1. The molecule has 0 saturated heterocycles. The molecule has 2 aliphatic rings. The van der Waals surface area contributed by atoms with Gasteiger partial charge in [-0.3, -0.25) is 9.04 Å². The Bertz CT molecular complexity index is 1130. The highest BCUT2D eigenvalue weighted by molar-refractivity contribution is 7.85. The van der Waals surface area contributed by atoms with Crippen molar-refractivity contribution < 1.29 is 17.5 Å². The largest absolute Gasteiger partial charge is 0.339 e. The summed E-state index contributed by atoms with van der Waals surface area (Å²) < 4.78 is 32.3. The van der Waals surface area contributed by atoms with Crippen molar-refractivity contribution in [2.45, 2.75) is 6.42 Å². The van der Waals surface area contributed by atoms with Gasteiger partial charge < -0.3 is 4.90 Å².